The van der Waals surface area contributed by atoms with E-state index in [0.717, 1.165) is 31.2 Å². The minimum Gasteiger partial charge on any atom is -0.484 e. The van der Waals surface area contributed by atoms with E-state index < -0.39 is 12.8 Å². The fraction of sp³-hybridized carbons (Fsp3) is 0.619. The van der Waals surface area contributed by atoms with Gasteiger partial charge in [-0.15, -0.1) is 0 Å². The third kappa shape index (κ3) is 8.92. The van der Waals surface area contributed by atoms with Gasteiger partial charge in [0.05, 0.1) is 6.54 Å². The molecule has 1 aliphatic rings. The van der Waals surface area contributed by atoms with Gasteiger partial charge in [-0.25, -0.2) is 4.99 Å². The maximum atomic E-state index is 12.5. The number of carbonyl (C=O) groups is 1. The Bertz CT molecular complexity index is 717. The van der Waals surface area contributed by atoms with Crippen LogP contribution in [0.1, 0.15) is 50.2 Å². The second kappa shape index (κ2) is 11.7. The molecular weight excluding hydrogens is 397 g/mol. The van der Waals surface area contributed by atoms with E-state index in [1.807, 2.05) is 6.92 Å². The number of carbonyl (C=O) groups excluding carboxylic acids is 1. The summed E-state index contributed by atoms with van der Waals surface area (Å²) in [6.45, 7) is 3.53. The van der Waals surface area contributed by atoms with Crippen LogP contribution < -0.4 is 20.7 Å². The average molecular weight is 428 g/mol. The lowest BCUT2D eigenvalue weighted by Gasteiger charge is -2.15. The molecule has 0 spiro atoms. The van der Waals surface area contributed by atoms with Gasteiger partial charge in [-0.3, -0.25) is 4.79 Å². The molecule has 3 N–H and O–H groups in total. The third-order valence-electron chi connectivity index (χ3n) is 4.73. The molecule has 0 aliphatic heterocycles. The number of aliphatic imine (C=N–C) groups is 1. The number of guanidine groups is 1. The normalized spacial score (nSPS) is 15.2. The minimum absolute atomic E-state index is 0.00613. The molecule has 0 heterocycles. The predicted octanol–water partition coefficient (Wildman–Crippen LogP) is 3.44. The van der Waals surface area contributed by atoms with E-state index in [4.69, 9.17) is 4.74 Å². The first-order valence-electron chi connectivity index (χ1n) is 10.4. The second-order valence-electron chi connectivity index (χ2n) is 7.44. The van der Waals surface area contributed by atoms with Crippen molar-refractivity contribution in [2.75, 3.05) is 19.7 Å². The molecule has 0 atom stereocenters. The van der Waals surface area contributed by atoms with E-state index in [1.54, 1.807) is 25.1 Å². The van der Waals surface area contributed by atoms with E-state index >= 15 is 0 Å². The molecule has 9 heteroatoms. The van der Waals surface area contributed by atoms with Crippen LogP contribution in [0.2, 0.25) is 0 Å². The van der Waals surface area contributed by atoms with Crippen molar-refractivity contribution in [3.05, 3.63) is 29.3 Å². The summed E-state index contributed by atoms with van der Waals surface area (Å²) >= 11 is 0. The minimum atomic E-state index is -4.40. The molecule has 0 unspecified atom stereocenters. The Hall–Kier alpha value is -2.45. The molecule has 0 bridgehead atoms. The molecule has 30 heavy (non-hydrogen) atoms. The van der Waals surface area contributed by atoms with Gasteiger partial charge in [0, 0.05) is 31.1 Å². The number of halogens is 3. The molecule has 2 rings (SSSR count). The van der Waals surface area contributed by atoms with Crippen molar-refractivity contribution in [1.29, 1.82) is 0 Å². The van der Waals surface area contributed by atoms with Gasteiger partial charge in [-0.05, 0) is 38.3 Å². The van der Waals surface area contributed by atoms with Gasteiger partial charge < -0.3 is 20.7 Å². The smallest absolute Gasteiger partial charge is 0.422 e. The summed E-state index contributed by atoms with van der Waals surface area (Å²) in [6.07, 6.45) is 0.324. The summed E-state index contributed by atoms with van der Waals surface area (Å²) in [5, 5.41) is 9.20. The zero-order valence-electron chi connectivity index (χ0n) is 17.6. The maximum absolute atomic E-state index is 12.5. The van der Waals surface area contributed by atoms with Crippen LogP contribution in [0.4, 0.5) is 13.2 Å². The Labute approximate surface area is 175 Å². The van der Waals surface area contributed by atoms with Crippen molar-refractivity contribution >= 4 is 11.9 Å². The Kier molecular flexibility index (Phi) is 9.26. The number of hydrogen-bond donors (Lipinski definition) is 3. The van der Waals surface area contributed by atoms with Crippen LogP contribution in [0.3, 0.4) is 0 Å². The van der Waals surface area contributed by atoms with E-state index in [-0.39, 0.29) is 24.2 Å². The van der Waals surface area contributed by atoms with Crippen LogP contribution >= 0.6 is 0 Å². The van der Waals surface area contributed by atoms with Crippen LogP contribution in [0.25, 0.3) is 0 Å². The van der Waals surface area contributed by atoms with E-state index in [0.29, 0.717) is 31.0 Å². The van der Waals surface area contributed by atoms with Gasteiger partial charge in [0.25, 0.3) is 0 Å². The van der Waals surface area contributed by atoms with Crippen molar-refractivity contribution in [2.45, 2.75) is 64.7 Å². The van der Waals surface area contributed by atoms with Gasteiger partial charge in [-0.1, -0.05) is 25.0 Å². The predicted molar refractivity (Wildman–Crippen MR) is 111 cm³/mol. The van der Waals surface area contributed by atoms with E-state index in [2.05, 4.69) is 20.9 Å². The zero-order chi connectivity index (χ0) is 22.0. The SMILES string of the molecule is CCNC(=NCc1ccc(C)cc1OCC(F)(F)F)NCCC(=O)NC1CCCC1. The van der Waals surface area contributed by atoms with Crippen molar-refractivity contribution in [1.82, 2.24) is 16.0 Å². The topological polar surface area (TPSA) is 74.8 Å². The van der Waals surface area contributed by atoms with E-state index in [1.165, 1.54) is 0 Å². The lowest BCUT2D eigenvalue weighted by molar-refractivity contribution is -0.153. The summed E-state index contributed by atoms with van der Waals surface area (Å²) in [5.41, 5.74) is 1.36. The Morgan fingerprint density at radius 1 is 1.23 bits per heavy atom. The van der Waals surface area contributed by atoms with Crippen LogP contribution in [-0.2, 0) is 11.3 Å². The summed E-state index contributed by atoms with van der Waals surface area (Å²) in [6, 6.07) is 5.38. The second-order valence-corrected chi connectivity index (χ2v) is 7.44. The summed E-state index contributed by atoms with van der Waals surface area (Å²) in [5.74, 6) is 0.669. The Morgan fingerprint density at radius 2 is 1.97 bits per heavy atom. The number of ether oxygens (including phenoxy) is 1. The standard InChI is InChI=1S/C21H31F3N4O2/c1-3-25-20(26-11-10-19(29)28-17-6-4-5-7-17)27-13-16-9-8-15(2)12-18(16)30-14-21(22,23)24/h8-9,12,17H,3-7,10-11,13-14H2,1-2H3,(H,28,29)(H2,25,26,27). The number of amides is 1. The number of benzene rings is 1. The number of rotatable bonds is 9. The van der Waals surface area contributed by atoms with Gasteiger partial charge in [0.1, 0.15) is 5.75 Å². The number of nitrogens with one attached hydrogen (secondary N) is 3. The number of aryl methyl sites for hydroxylation is 1. The van der Waals surface area contributed by atoms with Gasteiger partial charge in [-0.2, -0.15) is 13.2 Å². The Morgan fingerprint density at radius 3 is 2.63 bits per heavy atom. The lowest BCUT2D eigenvalue weighted by Crippen LogP contribution is -2.40. The highest BCUT2D eigenvalue weighted by Gasteiger charge is 2.28. The molecule has 6 nitrogen and oxygen atoms in total. The quantitative estimate of drug-likeness (QED) is 0.416. The van der Waals surface area contributed by atoms with Crippen molar-refractivity contribution in [2.24, 2.45) is 4.99 Å². The highest BCUT2D eigenvalue weighted by molar-refractivity contribution is 5.81. The van der Waals surface area contributed by atoms with Gasteiger partial charge >= 0.3 is 6.18 Å². The fourth-order valence-corrected chi connectivity index (χ4v) is 3.26. The van der Waals surface area contributed by atoms with Gasteiger partial charge in [0.2, 0.25) is 5.91 Å². The molecule has 0 saturated heterocycles. The van der Waals surface area contributed by atoms with Crippen molar-refractivity contribution in [3.63, 3.8) is 0 Å². The molecule has 1 fully saturated rings. The lowest BCUT2D eigenvalue weighted by atomic mass is 10.1. The van der Waals surface area contributed by atoms with Gasteiger partial charge in [0.15, 0.2) is 12.6 Å². The molecule has 1 saturated carbocycles. The third-order valence-corrected chi connectivity index (χ3v) is 4.73. The Balaban J connectivity index is 1.90. The molecule has 168 valence electrons. The largest absolute Gasteiger partial charge is 0.484 e. The average Bonchev–Trinajstić information content (AvgIpc) is 3.17. The first-order chi connectivity index (χ1) is 14.3. The van der Waals surface area contributed by atoms with Crippen LogP contribution in [0, 0.1) is 6.92 Å². The van der Waals surface area contributed by atoms with Crippen LogP contribution in [0.15, 0.2) is 23.2 Å². The molecular formula is C21H31F3N4O2. The van der Waals surface area contributed by atoms with Crippen molar-refractivity contribution < 1.29 is 22.7 Å². The molecule has 0 aromatic heterocycles. The first kappa shape index (κ1) is 23.8. The molecule has 1 aliphatic carbocycles. The molecule has 1 aromatic rings. The van der Waals surface area contributed by atoms with Crippen LogP contribution in [-0.4, -0.2) is 43.8 Å². The fourth-order valence-electron chi connectivity index (χ4n) is 3.26. The van der Waals surface area contributed by atoms with Crippen LogP contribution in [0.5, 0.6) is 5.75 Å². The number of alkyl halides is 3. The van der Waals surface area contributed by atoms with Crippen molar-refractivity contribution in [3.8, 4) is 5.75 Å². The van der Waals surface area contributed by atoms with E-state index in [9.17, 15) is 18.0 Å². The maximum Gasteiger partial charge on any atom is 0.422 e. The summed E-state index contributed by atoms with van der Waals surface area (Å²) < 4.78 is 42.5. The number of nitrogens with zero attached hydrogens (tertiary/aromatic N) is 1. The molecule has 1 aromatic carbocycles. The summed E-state index contributed by atoms with van der Waals surface area (Å²) in [4.78, 5) is 16.4. The first-order valence-corrected chi connectivity index (χ1v) is 10.4. The summed E-state index contributed by atoms with van der Waals surface area (Å²) in [7, 11) is 0. The zero-order valence-corrected chi connectivity index (χ0v) is 17.6. The highest BCUT2D eigenvalue weighted by atomic mass is 19.4. The highest BCUT2D eigenvalue weighted by Crippen LogP contribution is 2.24. The monoisotopic (exact) mass is 428 g/mol. The molecule has 1 amide bonds. The molecule has 0 radical (unpaired) electrons. The number of hydrogen-bond acceptors (Lipinski definition) is 3.